The summed E-state index contributed by atoms with van der Waals surface area (Å²) in [6.45, 7) is 0.122. The van der Waals surface area contributed by atoms with Gasteiger partial charge in [0.2, 0.25) is 23.8 Å². The lowest BCUT2D eigenvalue weighted by atomic mass is 10.6. The standard InChI is InChI=1S/C9H17N7O/c1-10-6(17)5-12-8-13-7(11-2)14-9(15-8)16(3)4/h5H2,1-4H3,(H,10,17)(H2,11,12,13,14,15). The number of nitrogens with one attached hydrogen (secondary N) is 3. The van der Waals surface area contributed by atoms with Crippen molar-refractivity contribution in [2.75, 3.05) is 50.3 Å². The second kappa shape index (κ2) is 5.83. The van der Waals surface area contributed by atoms with Gasteiger partial charge in [0.25, 0.3) is 0 Å². The van der Waals surface area contributed by atoms with Gasteiger partial charge in [-0.15, -0.1) is 0 Å². The summed E-state index contributed by atoms with van der Waals surface area (Å²) < 4.78 is 0. The molecule has 3 N–H and O–H groups in total. The minimum Gasteiger partial charge on any atom is -0.358 e. The zero-order valence-electron chi connectivity index (χ0n) is 10.4. The predicted molar refractivity (Wildman–Crippen MR) is 66.3 cm³/mol. The van der Waals surface area contributed by atoms with Crippen molar-refractivity contribution in [3.8, 4) is 0 Å². The molecule has 17 heavy (non-hydrogen) atoms. The Morgan fingerprint density at radius 1 is 1.18 bits per heavy atom. The highest BCUT2D eigenvalue weighted by Crippen LogP contribution is 2.10. The van der Waals surface area contributed by atoms with Crippen LogP contribution in [-0.2, 0) is 4.79 Å². The summed E-state index contributed by atoms with van der Waals surface area (Å²) in [5.74, 6) is 1.19. The summed E-state index contributed by atoms with van der Waals surface area (Å²) in [5.41, 5.74) is 0. The molecule has 8 heteroatoms. The van der Waals surface area contributed by atoms with Gasteiger partial charge in [-0.05, 0) is 0 Å². The van der Waals surface area contributed by atoms with Crippen LogP contribution in [0.1, 0.15) is 0 Å². The van der Waals surface area contributed by atoms with Gasteiger partial charge in [-0.3, -0.25) is 4.79 Å². The molecule has 0 aromatic carbocycles. The maximum absolute atomic E-state index is 11.1. The molecule has 0 saturated heterocycles. The van der Waals surface area contributed by atoms with Crippen LogP contribution in [0.3, 0.4) is 0 Å². The van der Waals surface area contributed by atoms with Crippen molar-refractivity contribution in [1.29, 1.82) is 0 Å². The van der Waals surface area contributed by atoms with Crippen molar-refractivity contribution in [2.45, 2.75) is 0 Å². The molecule has 0 aliphatic rings. The van der Waals surface area contributed by atoms with Gasteiger partial charge >= 0.3 is 0 Å². The lowest BCUT2D eigenvalue weighted by molar-refractivity contribution is -0.118. The highest BCUT2D eigenvalue weighted by atomic mass is 16.1. The number of hydrogen-bond acceptors (Lipinski definition) is 7. The van der Waals surface area contributed by atoms with Crippen LogP contribution < -0.4 is 20.9 Å². The average Bonchev–Trinajstić information content (AvgIpc) is 2.35. The first kappa shape index (κ1) is 12.9. The van der Waals surface area contributed by atoms with E-state index >= 15 is 0 Å². The maximum atomic E-state index is 11.1. The van der Waals surface area contributed by atoms with Crippen LogP contribution in [0.5, 0.6) is 0 Å². The molecule has 0 aliphatic carbocycles. The quantitative estimate of drug-likeness (QED) is 0.615. The van der Waals surface area contributed by atoms with Crippen molar-refractivity contribution in [1.82, 2.24) is 20.3 Å². The first-order chi connectivity index (χ1) is 8.06. The maximum Gasteiger partial charge on any atom is 0.239 e. The lowest BCUT2D eigenvalue weighted by Gasteiger charge is -2.12. The molecule has 0 unspecified atom stereocenters. The molecule has 94 valence electrons. The van der Waals surface area contributed by atoms with E-state index in [0.29, 0.717) is 17.8 Å². The number of rotatable bonds is 5. The number of likely N-dealkylation sites (N-methyl/N-ethyl adjacent to an activating group) is 1. The van der Waals surface area contributed by atoms with Crippen LogP contribution in [0, 0.1) is 0 Å². The van der Waals surface area contributed by atoms with E-state index in [2.05, 4.69) is 30.9 Å². The van der Waals surface area contributed by atoms with Gasteiger partial charge in [-0.25, -0.2) is 0 Å². The Labute approximate surface area is 99.9 Å². The minimum atomic E-state index is -0.136. The van der Waals surface area contributed by atoms with Gasteiger partial charge in [0, 0.05) is 28.2 Å². The molecule has 1 rings (SSSR count). The van der Waals surface area contributed by atoms with E-state index in [1.807, 2.05) is 14.1 Å². The Morgan fingerprint density at radius 3 is 2.35 bits per heavy atom. The number of amides is 1. The van der Waals surface area contributed by atoms with Crippen molar-refractivity contribution in [3.63, 3.8) is 0 Å². The third-order valence-electron chi connectivity index (χ3n) is 1.93. The van der Waals surface area contributed by atoms with Crippen molar-refractivity contribution in [2.24, 2.45) is 0 Å². The normalized spacial score (nSPS) is 9.65. The molecule has 1 amide bonds. The van der Waals surface area contributed by atoms with Gasteiger partial charge in [0.05, 0.1) is 6.54 Å². The highest BCUT2D eigenvalue weighted by Gasteiger charge is 2.07. The topological polar surface area (TPSA) is 95.1 Å². The number of nitrogens with zero attached hydrogens (tertiary/aromatic N) is 4. The Bertz CT molecular complexity index is 393. The van der Waals surface area contributed by atoms with E-state index in [-0.39, 0.29) is 12.5 Å². The SMILES string of the molecule is CNC(=O)CNc1nc(NC)nc(N(C)C)n1. The summed E-state index contributed by atoms with van der Waals surface area (Å²) in [5, 5.41) is 8.16. The first-order valence-corrected chi connectivity index (χ1v) is 5.12. The van der Waals surface area contributed by atoms with Crippen LogP contribution in [0.25, 0.3) is 0 Å². The molecule has 0 aliphatic heterocycles. The average molecular weight is 239 g/mol. The second-order valence-corrected chi connectivity index (χ2v) is 3.45. The molecule has 0 bridgehead atoms. The van der Waals surface area contributed by atoms with Crippen LogP contribution in [-0.4, -0.2) is 55.6 Å². The van der Waals surface area contributed by atoms with Gasteiger partial charge in [-0.1, -0.05) is 0 Å². The van der Waals surface area contributed by atoms with E-state index in [9.17, 15) is 4.79 Å². The van der Waals surface area contributed by atoms with E-state index < -0.39 is 0 Å². The van der Waals surface area contributed by atoms with E-state index in [0.717, 1.165) is 0 Å². The molecule has 0 atom stereocenters. The van der Waals surface area contributed by atoms with Gasteiger partial charge < -0.3 is 20.9 Å². The molecule has 1 heterocycles. The molecule has 0 fully saturated rings. The van der Waals surface area contributed by atoms with Crippen LogP contribution in [0.4, 0.5) is 17.8 Å². The zero-order valence-corrected chi connectivity index (χ0v) is 10.4. The van der Waals surface area contributed by atoms with E-state index in [1.54, 1.807) is 19.0 Å². The molecule has 1 aromatic rings. The van der Waals surface area contributed by atoms with Crippen molar-refractivity contribution >= 4 is 23.8 Å². The van der Waals surface area contributed by atoms with E-state index in [1.165, 1.54) is 0 Å². The summed E-state index contributed by atoms with van der Waals surface area (Å²) in [6, 6.07) is 0. The van der Waals surface area contributed by atoms with Crippen molar-refractivity contribution in [3.05, 3.63) is 0 Å². The van der Waals surface area contributed by atoms with Gasteiger partial charge in [-0.2, -0.15) is 15.0 Å². The summed E-state index contributed by atoms with van der Waals surface area (Å²) in [6.07, 6.45) is 0. The number of aromatic nitrogens is 3. The highest BCUT2D eigenvalue weighted by molar-refractivity contribution is 5.79. The fourth-order valence-corrected chi connectivity index (χ4v) is 1.00. The van der Waals surface area contributed by atoms with Crippen LogP contribution in [0.15, 0.2) is 0 Å². The minimum absolute atomic E-state index is 0.122. The third-order valence-corrected chi connectivity index (χ3v) is 1.93. The Balaban J connectivity index is 2.83. The monoisotopic (exact) mass is 239 g/mol. The Hall–Kier alpha value is -2.12. The summed E-state index contributed by atoms with van der Waals surface area (Å²) in [4.78, 5) is 25.2. The number of anilines is 3. The van der Waals surface area contributed by atoms with Crippen LogP contribution >= 0.6 is 0 Å². The summed E-state index contributed by atoms with van der Waals surface area (Å²) >= 11 is 0. The Morgan fingerprint density at radius 2 is 1.82 bits per heavy atom. The number of hydrogen-bond donors (Lipinski definition) is 3. The van der Waals surface area contributed by atoms with Crippen LogP contribution in [0.2, 0.25) is 0 Å². The first-order valence-electron chi connectivity index (χ1n) is 5.12. The number of carbonyl (C=O) groups is 1. The fraction of sp³-hybridized carbons (Fsp3) is 0.556. The smallest absolute Gasteiger partial charge is 0.239 e. The zero-order chi connectivity index (χ0) is 12.8. The van der Waals surface area contributed by atoms with Gasteiger partial charge in [0.15, 0.2) is 0 Å². The Kier molecular flexibility index (Phi) is 4.44. The lowest BCUT2D eigenvalue weighted by Crippen LogP contribution is -2.27. The second-order valence-electron chi connectivity index (χ2n) is 3.45. The molecule has 0 saturated carbocycles. The van der Waals surface area contributed by atoms with E-state index in [4.69, 9.17) is 0 Å². The third kappa shape index (κ3) is 3.74. The molecule has 0 spiro atoms. The van der Waals surface area contributed by atoms with Crippen molar-refractivity contribution < 1.29 is 4.79 Å². The number of carbonyl (C=O) groups excluding carboxylic acids is 1. The molecular formula is C9H17N7O. The summed E-state index contributed by atoms with van der Waals surface area (Å²) in [7, 11) is 6.95. The molecule has 8 nitrogen and oxygen atoms in total. The predicted octanol–water partition coefficient (Wildman–Crippen LogP) is -0.863. The molecular weight excluding hydrogens is 222 g/mol. The molecule has 0 radical (unpaired) electrons. The molecule has 1 aromatic heterocycles. The fourth-order valence-electron chi connectivity index (χ4n) is 1.00. The largest absolute Gasteiger partial charge is 0.358 e. The van der Waals surface area contributed by atoms with Gasteiger partial charge in [0.1, 0.15) is 0 Å².